The number of aliphatic carboxylic acids is 1. The minimum atomic E-state index is -0.922. The van der Waals surface area contributed by atoms with Crippen LogP contribution >= 0.6 is 11.8 Å². The number of carboxylic acid groups (broad SMARTS) is 1. The van der Waals surface area contributed by atoms with Crippen LogP contribution in [0.15, 0.2) is 77.7 Å². The monoisotopic (exact) mass is 565 g/mol. The number of carboxylic acids is 1. The van der Waals surface area contributed by atoms with Gasteiger partial charge in [-0.25, -0.2) is 0 Å². The highest BCUT2D eigenvalue weighted by Crippen LogP contribution is 2.44. The van der Waals surface area contributed by atoms with Crippen LogP contribution in [0.3, 0.4) is 0 Å². The molecule has 0 saturated carbocycles. The third kappa shape index (κ3) is 7.85. The number of aliphatic hydroxyl groups excluding tert-OH is 1. The molecule has 0 radical (unpaired) electrons. The van der Waals surface area contributed by atoms with E-state index in [0.717, 1.165) is 27.3 Å². The van der Waals surface area contributed by atoms with Gasteiger partial charge in [0.25, 0.3) is 0 Å². The number of ether oxygens (including phenoxy) is 3. The van der Waals surface area contributed by atoms with Crippen molar-refractivity contribution < 1.29 is 34.0 Å². The van der Waals surface area contributed by atoms with Crippen LogP contribution in [-0.4, -0.2) is 41.1 Å². The Morgan fingerprint density at radius 1 is 0.975 bits per heavy atom. The second-order valence-electron chi connectivity index (χ2n) is 9.70. The quantitative estimate of drug-likeness (QED) is 0.230. The number of rotatable bonds is 12. The number of methoxy groups -OCH3 is 1. The topological polar surface area (TPSA) is 114 Å². The number of amides is 1. The van der Waals surface area contributed by atoms with E-state index in [4.69, 9.17) is 19.3 Å². The maximum Gasteiger partial charge on any atom is 0.303 e. The Labute approximate surface area is 238 Å². The fourth-order valence-electron chi connectivity index (χ4n) is 4.61. The lowest BCUT2D eigenvalue weighted by atomic mass is 9.91. The van der Waals surface area contributed by atoms with E-state index in [9.17, 15) is 14.7 Å². The van der Waals surface area contributed by atoms with Crippen LogP contribution in [0, 0.1) is 5.92 Å². The molecule has 1 fully saturated rings. The third-order valence-electron chi connectivity index (χ3n) is 6.83. The minimum absolute atomic E-state index is 0.0237. The second-order valence-corrected chi connectivity index (χ2v) is 10.8. The maximum absolute atomic E-state index is 12.3. The third-order valence-corrected chi connectivity index (χ3v) is 7.98. The summed E-state index contributed by atoms with van der Waals surface area (Å²) in [5.41, 5.74) is 3.18. The van der Waals surface area contributed by atoms with Crippen molar-refractivity contribution in [2.45, 2.75) is 56.2 Å². The Balaban J connectivity index is 1.54. The van der Waals surface area contributed by atoms with Crippen LogP contribution in [0.5, 0.6) is 5.75 Å². The molecule has 1 amide bonds. The molecular weight excluding hydrogens is 530 g/mol. The molecule has 4 atom stereocenters. The maximum atomic E-state index is 12.3. The van der Waals surface area contributed by atoms with Crippen molar-refractivity contribution in [2.24, 2.45) is 5.92 Å². The van der Waals surface area contributed by atoms with Crippen molar-refractivity contribution >= 4 is 29.3 Å². The van der Waals surface area contributed by atoms with Gasteiger partial charge in [0.05, 0.1) is 25.9 Å². The smallest absolute Gasteiger partial charge is 0.303 e. The number of hydrogen-bond acceptors (Lipinski definition) is 7. The molecule has 40 heavy (non-hydrogen) atoms. The lowest BCUT2D eigenvalue weighted by Crippen LogP contribution is -2.38. The molecule has 8 nitrogen and oxygen atoms in total. The van der Waals surface area contributed by atoms with E-state index in [1.165, 1.54) is 0 Å². The van der Waals surface area contributed by atoms with Crippen LogP contribution in [0.1, 0.15) is 55.3 Å². The Morgan fingerprint density at radius 2 is 1.75 bits per heavy atom. The van der Waals surface area contributed by atoms with Gasteiger partial charge in [0.15, 0.2) is 6.29 Å². The molecule has 3 aromatic rings. The molecule has 0 spiro atoms. The standard InChI is InChI=1S/C31H35NO7S/c1-20-26(19-40-27-10-4-3-9-25(27)37-2)38-31(39-30(20)22-15-13-21(18-33)14-16-22)23-7-5-8-24(17-23)32-28(34)11-6-12-29(35)36/h3-5,7-10,13-17,20,26,30-31,33H,6,11-12,18-19H2,1-2H3,(H,32,34)(H,35,36)/t20-,26+,30+,31+/m0/s1. The van der Waals surface area contributed by atoms with Crippen molar-refractivity contribution in [2.75, 3.05) is 18.2 Å². The Hall–Kier alpha value is -3.37. The van der Waals surface area contributed by atoms with E-state index in [1.54, 1.807) is 24.9 Å². The van der Waals surface area contributed by atoms with Gasteiger partial charge in [-0.15, -0.1) is 11.8 Å². The van der Waals surface area contributed by atoms with Gasteiger partial charge in [0, 0.05) is 40.7 Å². The van der Waals surface area contributed by atoms with Crippen LogP contribution < -0.4 is 10.1 Å². The summed E-state index contributed by atoms with van der Waals surface area (Å²) in [6.07, 6.45) is -0.751. The fourth-order valence-corrected chi connectivity index (χ4v) is 5.80. The summed E-state index contributed by atoms with van der Waals surface area (Å²) in [4.78, 5) is 24.1. The minimum Gasteiger partial charge on any atom is -0.496 e. The average Bonchev–Trinajstić information content (AvgIpc) is 2.96. The van der Waals surface area contributed by atoms with Gasteiger partial charge in [0.1, 0.15) is 5.75 Å². The Bertz CT molecular complexity index is 1280. The summed E-state index contributed by atoms with van der Waals surface area (Å²) in [6.45, 7) is 2.09. The molecule has 0 aromatic heterocycles. The highest BCUT2D eigenvalue weighted by atomic mass is 32.2. The molecule has 212 valence electrons. The number of carbonyl (C=O) groups excluding carboxylic acids is 1. The van der Waals surface area contributed by atoms with Crippen molar-refractivity contribution in [1.82, 2.24) is 0 Å². The summed E-state index contributed by atoms with van der Waals surface area (Å²) in [5, 5.41) is 21.1. The molecule has 1 aliphatic heterocycles. The molecule has 4 rings (SSSR count). The largest absolute Gasteiger partial charge is 0.496 e. The molecule has 1 heterocycles. The number of para-hydroxylation sites is 1. The zero-order chi connectivity index (χ0) is 28.5. The van der Waals surface area contributed by atoms with E-state index in [1.807, 2.05) is 66.7 Å². The van der Waals surface area contributed by atoms with Crippen molar-refractivity contribution in [3.63, 3.8) is 0 Å². The Morgan fingerprint density at radius 3 is 2.48 bits per heavy atom. The van der Waals surface area contributed by atoms with E-state index < -0.39 is 12.3 Å². The van der Waals surface area contributed by atoms with Gasteiger partial charge in [-0.1, -0.05) is 55.5 Å². The number of aliphatic hydroxyl groups is 1. The van der Waals surface area contributed by atoms with Gasteiger partial charge in [-0.3, -0.25) is 9.59 Å². The molecule has 0 bridgehead atoms. The molecule has 3 aromatic carbocycles. The lowest BCUT2D eigenvalue weighted by Gasteiger charge is -2.41. The van der Waals surface area contributed by atoms with Crippen LogP contribution in [-0.2, 0) is 25.7 Å². The SMILES string of the molecule is COc1ccccc1SC[C@H]1O[C@@H](c2cccc(NC(=O)CCCC(=O)O)c2)O[C@@H](c2ccc(CO)cc2)[C@H]1C. The molecule has 0 aliphatic carbocycles. The van der Waals surface area contributed by atoms with Crippen molar-refractivity contribution in [3.8, 4) is 5.75 Å². The highest BCUT2D eigenvalue weighted by Gasteiger charge is 2.38. The lowest BCUT2D eigenvalue weighted by molar-refractivity contribution is -0.268. The predicted octanol–water partition coefficient (Wildman–Crippen LogP) is 5.96. The normalized spacial score (nSPS) is 20.6. The van der Waals surface area contributed by atoms with Gasteiger partial charge in [0.2, 0.25) is 5.91 Å². The van der Waals surface area contributed by atoms with E-state index in [-0.39, 0.29) is 49.9 Å². The number of hydrogen-bond donors (Lipinski definition) is 3. The zero-order valence-electron chi connectivity index (χ0n) is 22.6. The summed E-state index contributed by atoms with van der Waals surface area (Å²) in [6, 6.07) is 23.0. The fraction of sp³-hybridized carbons (Fsp3) is 0.355. The van der Waals surface area contributed by atoms with Crippen molar-refractivity contribution in [1.29, 1.82) is 0 Å². The molecule has 3 N–H and O–H groups in total. The van der Waals surface area contributed by atoms with Crippen LogP contribution in [0.2, 0.25) is 0 Å². The number of carbonyl (C=O) groups is 2. The zero-order valence-corrected chi connectivity index (χ0v) is 23.4. The number of anilines is 1. The summed E-state index contributed by atoms with van der Waals surface area (Å²) in [7, 11) is 1.66. The van der Waals surface area contributed by atoms with E-state index in [2.05, 4.69) is 12.2 Å². The number of thioether (sulfide) groups is 1. The first-order chi connectivity index (χ1) is 19.4. The van der Waals surface area contributed by atoms with Crippen LogP contribution in [0.4, 0.5) is 5.69 Å². The van der Waals surface area contributed by atoms with Gasteiger partial charge in [-0.2, -0.15) is 0 Å². The van der Waals surface area contributed by atoms with Gasteiger partial charge >= 0.3 is 5.97 Å². The average molecular weight is 566 g/mol. The summed E-state index contributed by atoms with van der Waals surface area (Å²) < 4.78 is 18.6. The van der Waals surface area contributed by atoms with E-state index in [0.29, 0.717) is 11.4 Å². The molecule has 9 heteroatoms. The van der Waals surface area contributed by atoms with Gasteiger partial charge < -0.3 is 29.7 Å². The number of nitrogens with one attached hydrogen (secondary N) is 1. The highest BCUT2D eigenvalue weighted by molar-refractivity contribution is 7.99. The van der Waals surface area contributed by atoms with E-state index >= 15 is 0 Å². The van der Waals surface area contributed by atoms with Gasteiger partial charge in [-0.05, 0) is 41.8 Å². The summed E-state index contributed by atoms with van der Waals surface area (Å²) in [5.74, 6) is 0.342. The first kappa shape index (κ1) is 29.6. The first-order valence-corrected chi connectivity index (χ1v) is 14.2. The predicted molar refractivity (Wildman–Crippen MR) is 153 cm³/mol. The molecular formula is C31H35NO7S. The first-order valence-electron chi connectivity index (χ1n) is 13.3. The second kappa shape index (κ2) is 14.3. The number of benzene rings is 3. The Kier molecular flexibility index (Phi) is 10.6. The molecule has 1 saturated heterocycles. The molecule has 1 aliphatic rings. The molecule has 0 unspecified atom stereocenters. The van der Waals surface area contributed by atoms with Crippen molar-refractivity contribution in [3.05, 3.63) is 89.5 Å². The summed E-state index contributed by atoms with van der Waals surface area (Å²) >= 11 is 1.67. The van der Waals surface area contributed by atoms with Crippen LogP contribution in [0.25, 0.3) is 0 Å².